The predicted octanol–water partition coefficient (Wildman–Crippen LogP) is 7.33. The summed E-state index contributed by atoms with van der Waals surface area (Å²) in [6, 6.07) is 0. The fourth-order valence-corrected chi connectivity index (χ4v) is 5.33. The van der Waals surface area contributed by atoms with E-state index >= 15 is 0 Å². The Hall–Kier alpha value is -0.840. The fourth-order valence-electron chi connectivity index (χ4n) is 5.33. The molecule has 1 aliphatic heterocycles. The molecule has 1 saturated carbocycles. The standard InChI is InChI=1S/C23H34F4O/c1-3-5-16-7-9-17(10-8-16)21-14-11-18(15-28-21)20-13-12-19(6-4-2)22(24,25)23(20,26)27/h12-13,16-18,21H,3-11,14-15H2,1-2H3. The van der Waals surface area contributed by atoms with Gasteiger partial charge in [0.15, 0.2) is 0 Å². The van der Waals surface area contributed by atoms with Crippen LogP contribution in [0, 0.1) is 17.8 Å². The van der Waals surface area contributed by atoms with E-state index in [1.807, 2.05) is 0 Å². The quantitative estimate of drug-likeness (QED) is 0.423. The lowest BCUT2D eigenvalue weighted by Gasteiger charge is -2.41. The van der Waals surface area contributed by atoms with E-state index in [1.165, 1.54) is 37.8 Å². The van der Waals surface area contributed by atoms with Gasteiger partial charge < -0.3 is 4.74 Å². The molecule has 2 atom stereocenters. The third-order valence-electron chi connectivity index (χ3n) is 7.01. The van der Waals surface area contributed by atoms with E-state index in [4.69, 9.17) is 4.74 Å². The molecule has 0 aromatic carbocycles. The molecule has 28 heavy (non-hydrogen) atoms. The Labute approximate surface area is 166 Å². The maximum atomic E-state index is 14.7. The minimum atomic E-state index is -4.12. The number of rotatable bonds is 6. The van der Waals surface area contributed by atoms with E-state index in [-0.39, 0.29) is 19.1 Å². The fraction of sp³-hybridized carbons (Fsp3) is 0.826. The first-order chi connectivity index (χ1) is 13.3. The van der Waals surface area contributed by atoms with Crippen molar-refractivity contribution in [2.24, 2.45) is 17.8 Å². The minimum Gasteiger partial charge on any atom is -0.377 e. The highest BCUT2D eigenvalue weighted by atomic mass is 19.3. The van der Waals surface area contributed by atoms with Crippen molar-refractivity contribution in [3.05, 3.63) is 23.3 Å². The van der Waals surface area contributed by atoms with Crippen molar-refractivity contribution >= 4 is 0 Å². The van der Waals surface area contributed by atoms with Gasteiger partial charge in [-0.3, -0.25) is 0 Å². The monoisotopic (exact) mass is 402 g/mol. The van der Waals surface area contributed by atoms with Gasteiger partial charge in [0.2, 0.25) is 0 Å². The molecule has 3 rings (SSSR count). The second kappa shape index (κ2) is 8.89. The Morgan fingerprint density at radius 3 is 2.18 bits per heavy atom. The SMILES string of the molecule is CCCC1=CC=C(C2CCC(C3CCC(CCC)CC3)OC2)C(F)(F)C1(F)F. The maximum Gasteiger partial charge on any atom is 0.336 e. The molecule has 0 bridgehead atoms. The highest BCUT2D eigenvalue weighted by Gasteiger charge is 2.62. The zero-order valence-corrected chi connectivity index (χ0v) is 17.2. The molecule has 0 N–H and O–H groups in total. The molecule has 0 radical (unpaired) electrons. The van der Waals surface area contributed by atoms with Crippen molar-refractivity contribution < 1.29 is 22.3 Å². The van der Waals surface area contributed by atoms with Gasteiger partial charge in [-0.2, -0.15) is 17.6 Å². The molecule has 1 heterocycles. The topological polar surface area (TPSA) is 9.23 Å². The second-order valence-electron chi connectivity index (χ2n) is 8.93. The zero-order chi connectivity index (χ0) is 20.4. The summed E-state index contributed by atoms with van der Waals surface area (Å²) < 4.78 is 64.1. The molecule has 160 valence electrons. The Bertz CT molecular complexity index is 579. The average Bonchev–Trinajstić information content (AvgIpc) is 2.67. The molecule has 0 aromatic rings. The smallest absolute Gasteiger partial charge is 0.336 e. The van der Waals surface area contributed by atoms with Crippen LogP contribution in [0.25, 0.3) is 0 Å². The Morgan fingerprint density at radius 1 is 0.893 bits per heavy atom. The van der Waals surface area contributed by atoms with Crippen molar-refractivity contribution in [2.45, 2.75) is 96.0 Å². The lowest BCUT2D eigenvalue weighted by molar-refractivity contribution is -0.173. The highest BCUT2D eigenvalue weighted by molar-refractivity contribution is 5.39. The van der Waals surface area contributed by atoms with Gasteiger partial charge in [-0.15, -0.1) is 0 Å². The first kappa shape index (κ1) is 21.9. The number of allylic oxidation sites excluding steroid dienone is 3. The molecule has 2 unspecified atom stereocenters. The summed E-state index contributed by atoms with van der Waals surface area (Å²) in [7, 11) is 0. The van der Waals surface area contributed by atoms with Crippen LogP contribution in [0.4, 0.5) is 17.6 Å². The van der Waals surface area contributed by atoms with Crippen LogP contribution in [0.5, 0.6) is 0 Å². The molecule has 0 spiro atoms. The van der Waals surface area contributed by atoms with Crippen LogP contribution in [-0.4, -0.2) is 24.6 Å². The first-order valence-corrected chi connectivity index (χ1v) is 11.1. The number of ether oxygens (including phenoxy) is 1. The van der Waals surface area contributed by atoms with Crippen LogP contribution in [-0.2, 0) is 4.74 Å². The van der Waals surface area contributed by atoms with E-state index in [0.29, 0.717) is 25.2 Å². The van der Waals surface area contributed by atoms with Crippen LogP contribution in [0.2, 0.25) is 0 Å². The zero-order valence-electron chi connectivity index (χ0n) is 17.2. The second-order valence-corrected chi connectivity index (χ2v) is 8.93. The Balaban J connectivity index is 1.60. The number of hydrogen-bond donors (Lipinski definition) is 0. The van der Waals surface area contributed by atoms with Crippen molar-refractivity contribution in [3.8, 4) is 0 Å². The van der Waals surface area contributed by atoms with E-state index in [2.05, 4.69) is 6.92 Å². The summed E-state index contributed by atoms with van der Waals surface area (Å²) in [5.41, 5.74) is -0.898. The minimum absolute atomic E-state index is 0.00365. The van der Waals surface area contributed by atoms with Gasteiger partial charge in [0.25, 0.3) is 0 Å². The summed E-state index contributed by atoms with van der Waals surface area (Å²) in [5.74, 6) is -7.53. The van der Waals surface area contributed by atoms with Crippen LogP contribution in [0.3, 0.4) is 0 Å². The van der Waals surface area contributed by atoms with Gasteiger partial charge >= 0.3 is 11.8 Å². The van der Waals surface area contributed by atoms with E-state index in [1.54, 1.807) is 6.92 Å². The molecular formula is C23H34F4O. The third-order valence-corrected chi connectivity index (χ3v) is 7.01. The number of alkyl halides is 4. The van der Waals surface area contributed by atoms with E-state index in [0.717, 1.165) is 18.8 Å². The molecule has 3 aliphatic rings. The normalized spacial score (nSPS) is 35.2. The number of hydrogen-bond acceptors (Lipinski definition) is 1. The third kappa shape index (κ3) is 4.20. The van der Waals surface area contributed by atoms with E-state index < -0.39 is 28.9 Å². The van der Waals surface area contributed by atoms with Crippen LogP contribution in [0.1, 0.15) is 78.1 Å². The van der Waals surface area contributed by atoms with Crippen LogP contribution >= 0.6 is 0 Å². The Kier molecular flexibility index (Phi) is 6.94. The van der Waals surface area contributed by atoms with Crippen molar-refractivity contribution in [1.29, 1.82) is 0 Å². The number of halogens is 4. The summed E-state index contributed by atoms with van der Waals surface area (Å²) in [6.45, 7) is 4.07. The molecule has 1 saturated heterocycles. The molecule has 1 nitrogen and oxygen atoms in total. The largest absolute Gasteiger partial charge is 0.377 e. The molecule has 5 heteroatoms. The average molecular weight is 403 g/mol. The van der Waals surface area contributed by atoms with Gasteiger partial charge in [0, 0.05) is 17.1 Å². The van der Waals surface area contributed by atoms with Gasteiger partial charge in [0.1, 0.15) is 0 Å². The lowest BCUT2D eigenvalue weighted by atomic mass is 9.74. The summed E-state index contributed by atoms with van der Waals surface area (Å²) in [6.07, 6.45) is 11.4. The highest BCUT2D eigenvalue weighted by Crippen LogP contribution is 2.52. The molecule has 2 fully saturated rings. The van der Waals surface area contributed by atoms with Gasteiger partial charge in [-0.25, -0.2) is 0 Å². The first-order valence-electron chi connectivity index (χ1n) is 11.1. The maximum absolute atomic E-state index is 14.7. The molecule has 2 aliphatic carbocycles. The summed E-state index contributed by atoms with van der Waals surface area (Å²) in [5, 5.41) is 0. The summed E-state index contributed by atoms with van der Waals surface area (Å²) >= 11 is 0. The van der Waals surface area contributed by atoms with Crippen molar-refractivity contribution in [1.82, 2.24) is 0 Å². The van der Waals surface area contributed by atoms with Crippen molar-refractivity contribution in [2.75, 3.05) is 6.61 Å². The predicted molar refractivity (Wildman–Crippen MR) is 104 cm³/mol. The molecular weight excluding hydrogens is 368 g/mol. The lowest BCUT2D eigenvalue weighted by Crippen LogP contribution is -2.48. The molecule has 0 aromatic heterocycles. The van der Waals surface area contributed by atoms with Gasteiger partial charge in [-0.05, 0) is 43.9 Å². The summed E-state index contributed by atoms with van der Waals surface area (Å²) in [4.78, 5) is 0. The Morgan fingerprint density at radius 2 is 1.61 bits per heavy atom. The van der Waals surface area contributed by atoms with Crippen LogP contribution < -0.4 is 0 Å². The van der Waals surface area contributed by atoms with E-state index in [9.17, 15) is 17.6 Å². The molecule has 0 amide bonds. The van der Waals surface area contributed by atoms with Gasteiger partial charge in [-0.1, -0.05) is 58.1 Å². The van der Waals surface area contributed by atoms with Gasteiger partial charge in [0.05, 0.1) is 12.7 Å². The van der Waals surface area contributed by atoms with Crippen molar-refractivity contribution in [3.63, 3.8) is 0 Å². The van der Waals surface area contributed by atoms with Crippen LogP contribution in [0.15, 0.2) is 23.3 Å².